The second kappa shape index (κ2) is 3.36. The van der Waals surface area contributed by atoms with Crippen molar-refractivity contribution in [2.75, 3.05) is 0 Å². The Morgan fingerprint density at radius 2 is 1.45 bits per heavy atom. The number of allylic oxidation sites excluding steroid dienone is 8. The molecule has 2 aliphatic rings. The van der Waals surface area contributed by atoms with Gasteiger partial charge in [-0.05, 0) is 0 Å². The van der Waals surface area contributed by atoms with Crippen molar-refractivity contribution in [2.45, 2.75) is 12.8 Å². The molecule has 1 heteroatoms. The van der Waals surface area contributed by atoms with E-state index < -0.39 is 0 Å². The summed E-state index contributed by atoms with van der Waals surface area (Å²) >= 11 is 0.205. The van der Waals surface area contributed by atoms with E-state index in [1.165, 1.54) is 12.8 Å². The monoisotopic (exact) mass is 325 g/mol. The van der Waals surface area contributed by atoms with Crippen molar-refractivity contribution >= 4 is 0 Å². The molecular formula is C10H10Pt. The van der Waals surface area contributed by atoms with Gasteiger partial charge in [-0.15, -0.1) is 0 Å². The van der Waals surface area contributed by atoms with E-state index in [4.69, 9.17) is 0 Å². The van der Waals surface area contributed by atoms with Gasteiger partial charge in [0.05, 0.1) is 0 Å². The van der Waals surface area contributed by atoms with Gasteiger partial charge in [-0.2, -0.15) is 0 Å². The van der Waals surface area contributed by atoms with Crippen LogP contribution in [-0.2, 0) is 18.6 Å². The van der Waals surface area contributed by atoms with Crippen LogP contribution in [0.1, 0.15) is 12.8 Å². The second-order valence-corrected chi connectivity index (χ2v) is 5.98. The average Bonchev–Trinajstić information content (AvgIpc) is 2.60. The molecule has 0 bridgehead atoms. The minimum absolute atomic E-state index is 0.205. The number of hydrogen-bond donors (Lipinski definition) is 0. The van der Waals surface area contributed by atoms with Gasteiger partial charge in [0.25, 0.3) is 0 Å². The Labute approximate surface area is 75.9 Å². The zero-order valence-corrected chi connectivity index (χ0v) is 8.47. The molecule has 0 saturated heterocycles. The third-order valence-electron chi connectivity index (χ3n) is 1.61. The van der Waals surface area contributed by atoms with Crippen LogP contribution in [-0.4, -0.2) is 0 Å². The molecule has 0 atom stereocenters. The molecule has 0 amide bonds. The summed E-state index contributed by atoms with van der Waals surface area (Å²) in [7, 11) is 0. The molecule has 0 aliphatic heterocycles. The fourth-order valence-corrected chi connectivity index (χ4v) is 3.82. The molecule has 0 unspecified atom stereocenters. The molecule has 0 N–H and O–H groups in total. The SMILES string of the molecule is C1=CC[C]([Pt][C]2=CC=CC2)=C1. The molecule has 2 aliphatic carbocycles. The third kappa shape index (κ3) is 1.81. The van der Waals surface area contributed by atoms with Gasteiger partial charge in [-0.1, -0.05) is 0 Å². The summed E-state index contributed by atoms with van der Waals surface area (Å²) in [5.41, 5.74) is 0. The summed E-state index contributed by atoms with van der Waals surface area (Å²) in [4.78, 5) is 0. The Morgan fingerprint density at radius 3 is 1.82 bits per heavy atom. The Balaban J connectivity index is 1.91. The van der Waals surface area contributed by atoms with Gasteiger partial charge in [-0.25, -0.2) is 0 Å². The zero-order chi connectivity index (χ0) is 7.52. The molecule has 0 aromatic heterocycles. The van der Waals surface area contributed by atoms with E-state index >= 15 is 0 Å². The third-order valence-corrected chi connectivity index (χ3v) is 4.75. The van der Waals surface area contributed by atoms with E-state index in [1.807, 2.05) is 0 Å². The van der Waals surface area contributed by atoms with Crippen molar-refractivity contribution in [3.05, 3.63) is 44.4 Å². The molecule has 0 aromatic rings. The van der Waals surface area contributed by atoms with Crippen LogP contribution in [0.4, 0.5) is 0 Å². The van der Waals surface area contributed by atoms with Crippen LogP contribution in [0.15, 0.2) is 44.4 Å². The molecule has 0 aromatic carbocycles. The van der Waals surface area contributed by atoms with E-state index in [-0.39, 0.29) is 18.6 Å². The molecule has 0 radical (unpaired) electrons. The quantitative estimate of drug-likeness (QED) is 0.732. The summed E-state index contributed by atoms with van der Waals surface area (Å²) < 4.78 is 3.33. The van der Waals surface area contributed by atoms with Crippen molar-refractivity contribution in [1.29, 1.82) is 0 Å². The first kappa shape index (κ1) is 7.31. The van der Waals surface area contributed by atoms with Crippen molar-refractivity contribution in [2.24, 2.45) is 0 Å². The van der Waals surface area contributed by atoms with Crippen molar-refractivity contribution < 1.29 is 18.6 Å². The van der Waals surface area contributed by atoms with Crippen LogP contribution in [0, 0.1) is 0 Å². The van der Waals surface area contributed by atoms with Gasteiger partial charge in [0, 0.05) is 0 Å². The van der Waals surface area contributed by atoms with Crippen LogP contribution in [0.5, 0.6) is 0 Å². The first-order valence-electron chi connectivity index (χ1n) is 3.75. The maximum absolute atomic E-state index is 2.28. The molecule has 0 heterocycles. The maximum atomic E-state index is 2.28. The molecule has 0 fully saturated rings. The molecule has 0 nitrogen and oxygen atoms in total. The van der Waals surface area contributed by atoms with E-state index in [1.54, 1.807) is 7.93 Å². The number of rotatable bonds is 2. The summed E-state index contributed by atoms with van der Waals surface area (Å²) in [5.74, 6) is 0. The van der Waals surface area contributed by atoms with E-state index in [9.17, 15) is 0 Å². The van der Waals surface area contributed by atoms with E-state index in [0.29, 0.717) is 0 Å². The van der Waals surface area contributed by atoms with Crippen LogP contribution in [0.25, 0.3) is 0 Å². The molecule has 0 saturated carbocycles. The van der Waals surface area contributed by atoms with Gasteiger partial charge < -0.3 is 0 Å². The van der Waals surface area contributed by atoms with Gasteiger partial charge in [0.2, 0.25) is 0 Å². The summed E-state index contributed by atoms with van der Waals surface area (Å²) in [6.07, 6.45) is 15.9. The molecule has 2 rings (SSSR count). The Kier molecular flexibility index (Phi) is 2.23. The molecular weight excluding hydrogens is 315 g/mol. The van der Waals surface area contributed by atoms with Crippen molar-refractivity contribution in [3.8, 4) is 0 Å². The number of hydrogen-bond acceptors (Lipinski definition) is 0. The van der Waals surface area contributed by atoms with Gasteiger partial charge in [0.1, 0.15) is 0 Å². The normalized spacial score (nSPS) is 21.1. The Hall–Kier alpha value is -0.352. The van der Waals surface area contributed by atoms with Crippen LogP contribution in [0.2, 0.25) is 0 Å². The Bertz CT molecular complexity index is 239. The first-order valence-corrected chi connectivity index (χ1v) is 6.02. The predicted octanol–water partition coefficient (Wildman–Crippen LogP) is 2.76. The van der Waals surface area contributed by atoms with Gasteiger partial charge in [0.15, 0.2) is 0 Å². The van der Waals surface area contributed by atoms with Crippen molar-refractivity contribution in [1.82, 2.24) is 0 Å². The van der Waals surface area contributed by atoms with Crippen LogP contribution < -0.4 is 0 Å². The molecule has 11 heavy (non-hydrogen) atoms. The second-order valence-electron chi connectivity index (χ2n) is 2.49. The first-order chi connectivity index (χ1) is 5.45. The van der Waals surface area contributed by atoms with Gasteiger partial charge >= 0.3 is 75.8 Å². The predicted molar refractivity (Wildman–Crippen MR) is 43.7 cm³/mol. The van der Waals surface area contributed by atoms with Gasteiger partial charge in [-0.3, -0.25) is 0 Å². The minimum atomic E-state index is 0.205. The summed E-state index contributed by atoms with van der Waals surface area (Å²) in [5, 5.41) is 0. The standard InChI is InChI=1S/2C5H5.Pt/c2*1-2-4-5-3-1;/h2*1-3H,4H2;. The van der Waals surface area contributed by atoms with Crippen LogP contribution in [0.3, 0.4) is 0 Å². The fraction of sp³-hybridized carbons (Fsp3) is 0.200. The molecule has 60 valence electrons. The van der Waals surface area contributed by atoms with E-state index in [0.717, 1.165) is 0 Å². The fourth-order valence-electron chi connectivity index (χ4n) is 1.06. The molecule has 0 spiro atoms. The topological polar surface area (TPSA) is 0 Å². The van der Waals surface area contributed by atoms with Crippen molar-refractivity contribution in [3.63, 3.8) is 0 Å². The van der Waals surface area contributed by atoms with Crippen LogP contribution >= 0.6 is 0 Å². The van der Waals surface area contributed by atoms with E-state index in [2.05, 4.69) is 36.5 Å². The zero-order valence-electron chi connectivity index (χ0n) is 6.19. The summed E-state index contributed by atoms with van der Waals surface area (Å²) in [6, 6.07) is 0. The summed E-state index contributed by atoms with van der Waals surface area (Å²) in [6.45, 7) is 0. The average molecular weight is 325 g/mol. The Morgan fingerprint density at radius 1 is 0.909 bits per heavy atom.